The van der Waals surface area contributed by atoms with Crippen LogP contribution in [0.15, 0.2) is 18.2 Å². The van der Waals surface area contributed by atoms with Crippen LogP contribution in [0, 0.1) is 13.7 Å². The van der Waals surface area contributed by atoms with Crippen molar-refractivity contribution in [3.8, 4) is 0 Å². The molecule has 1 rings (SSSR count). The predicted molar refractivity (Wildman–Crippen MR) is 56.0 cm³/mol. The van der Waals surface area contributed by atoms with Crippen LogP contribution in [0.5, 0.6) is 0 Å². The van der Waals surface area contributed by atoms with Crippen molar-refractivity contribution in [3.63, 3.8) is 0 Å². The average Bonchev–Trinajstić information content (AvgIpc) is 2.02. The number of hydrogen-bond acceptors (Lipinski definition) is 3. The molecule has 6 heteroatoms. The molecule has 0 heterocycles. The Bertz CT molecular complexity index is 380. The summed E-state index contributed by atoms with van der Waals surface area (Å²) >= 11 is 6.96. The Labute approximate surface area is 92.2 Å². The third-order valence-electron chi connectivity index (χ3n) is 1.38. The summed E-state index contributed by atoms with van der Waals surface area (Å²) < 4.78 is 0.397. The molecule has 4 nitrogen and oxygen atoms in total. The highest BCUT2D eigenvalue weighted by Gasteiger charge is 2.21. The Morgan fingerprint density at radius 3 is 2.54 bits per heavy atom. The molecule has 0 bridgehead atoms. The average molecular weight is 311 g/mol. The van der Waals surface area contributed by atoms with Crippen LogP contribution in [0.1, 0.15) is 10.4 Å². The van der Waals surface area contributed by atoms with Gasteiger partial charge in [-0.05, 0) is 46.3 Å². The molecule has 1 aromatic carbocycles. The van der Waals surface area contributed by atoms with Gasteiger partial charge >= 0.3 is 0 Å². The molecular formula is C7H3ClINO3. The van der Waals surface area contributed by atoms with Gasteiger partial charge in [0.25, 0.3) is 10.9 Å². The van der Waals surface area contributed by atoms with Crippen LogP contribution < -0.4 is 0 Å². The van der Waals surface area contributed by atoms with Gasteiger partial charge < -0.3 is 0 Å². The summed E-state index contributed by atoms with van der Waals surface area (Å²) in [5.41, 5.74) is -0.304. The molecule has 68 valence electrons. The van der Waals surface area contributed by atoms with Crippen molar-refractivity contribution in [1.29, 1.82) is 0 Å². The molecule has 0 atom stereocenters. The highest BCUT2D eigenvalue weighted by molar-refractivity contribution is 14.1. The third kappa shape index (κ3) is 2.16. The normalized spacial score (nSPS) is 9.69. The fraction of sp³-hybridized carbons (Fsp3) is 0. The number of rotatable bonds is 2. The van der Waals surface area contributed by atoms with E-state index in [0.717, 1.165) is 0 Å². The van der Waals surface area contributed by atoms with Crippen LogP contribution in [0.4, 0.5) is 5.69 Å². The molecule has 1 aromatic rings. The van der Waals surface area contributed by atoms with Gasteiger partial charge in [0.1, 0.15) is 5.56 Å². The van der Waals surface area contributed by atoms with Gasteiger partial charge in [-0.2, -0.15) is 0 Å². The van der Waals surface area contributed by atoms with Crippen LogP contribution >= 0.6 is 34.2 Å². The van der Waals surface area contributed by atoms with Crippen molar-refractivity contribution in [3.05, 3.63) is 37.4 Å². The molecule has 0 amide bonds. The zero-order chi connectivity index (χ0) is 10.0. The smallest absolute Gasteiger partial charge is 0.275 e. The second kappa shape index (κ2) is 4.01. The lowest BCUT2D eigenvalue weighted by atomic mass is 10.2. The van der Waals surface area contributed by atoms with E-state index < -0.39 is 10.2 Å². The maximum absolute atomic E-state index is 10.8. The minimum absolute atomic E-state index is 0.0708. The highest BCUT2D eigenvalue weighted by Crippen LogP contribution is 2.26. The molecule has 0 N–H and O–H groups in total. The van der Waals surface area contributed by atoms with E-state index in [1.165, 1.54) is 6.07 Å². The topological polar surface area (TPSA) is 60.2 Å². The SMILES string of the molecule is O=C(Cl)c1cccc(I)c1[N+](=O)[O-]. The van der Waals surface area contributed by atoms with Gasteiger partial charge in [-0.25, -0.2) is 0 Å². The number of para-hydroxylation sites is 1. The van der Waals surface area contributed by atoms with Gasteiger partial charge in [0.15, 0.2) is 0 Å². The molecule has 0 aliphatic carbocycles. The van der Waals surface area contributed by atoms with Crippen molar-refractivity contribution in [2.75, 3.05) is 0 Å². The summed E-state index contributed by atoms with van der Waals surface area (Å²) in [5, 5.41) is 9.72. The summed E-state index contributed by atoms with van der Waals surface area (Å²) in [6.07, 6.45) is 0. The fourth-order valence-electron chi connectivity index (χ4n) is 0.860. The second-order valence-electron chi connectivity index (χ2n) is 2.17. The van der Waals surface area contributed by atoms with E-state index in [9.17, 15) is 14.9 Å². The minimum Gasteiger partial charge on any atom is -0.275 e. The zero-order valence-electron chi connectivity index (χ0n) is 6.16. The van der Waals surface area contributed by atoms with E-state index in [1.54, 1.807) is 34.7 Å². The molecule has 0 fully saturated rings. The Balaban J connectivity index is 3.43. The van der Waals surface area contributed by atoms with Crippen LogP contribution in [-0.4, -0.2) is 10.2 Å². The van der Waals surface area contributed by atoms with Gasteiger partial charge in [0.05, 0.1) is 8.49 Å². The van der Waals surface area contributed by atoms with Crippen LogP contribution in [-0.2, 0) is 0 Å². The maximum Gasteiger partial charge on any atom is 0.294 e. The molecule has 0 spiro atoms. The van der Waals surface area contributed by atoms with Crippen molar-refractivity contribution >= 4 is 45.1 Å². The highest BCUT2D eigenvalue weighted by atomic mass is 127. The van der Waals surface area contributed by atoms with Gasteiger partial charge in [-0.3, -0.25) is 14.9 Å². The van der Waals surface area contributed by atoms with Gasteiger partial charge in [0, 0.05) is 0 Å². The number of carbonyl (C=O) groups is 1. The number of nitro groups is 1. The minimum atomic E-state index is -0.815. The lowest BCUT2D eigenvalue weighted by Gasteiger charge is -1.98. The number of nitro benzene ring substituents is 1. The second-order valence-corrected chi connectivity index (χ2v) is 3.67. The van der Waals surface area contributed by atoms with Crippen molar-refractivity contribution in [2.24, 2.45) is 0 Å². The van der Waals surface area contributed by atoms with Crippen molar-refractivity contribution in [2.45, 2.75) is 0 Å². The molecule has 0 unspecified atom stereocenters. The number of benzene rings is 1. The molecular weight excluding hydrogens is 308 g/mol. The van der Waals surface area contributed by atoms with Gasteiger partial charge in [-0.15, -0.1) is 0 Å². The Morgan fingerprint density at radius 1 is 1.54 bits per heavy atom. The van der Waals surface area contributed by atoms with E-state index in [0.29, 0.717) is 3.57 Å². The number of carbonyl (C=O) groups excluding carboxylic acids is 1. The predicted octanol–water partition coefficient (Wildman–Crippen LogP) is 2.58. The molecule has 0 aliphatic heterocycles. The van der Waals surface area contributed by atoms with Crippen molar-refractivity contribution in [1.82, 2.24) is 0 Å². The summed E-state index contributed by atoms with van der Waals surface area (Å²) in [6.45, 7) is 0. The van der Waals surface area contributed by atoms with E-state index >= 15 is 0 Å². The van der Waals surface area contributed by atoms with Crippen LogP contribution in [0.25, 0.3) is 0 Å². The number of nitrogens with zero attached hydrogens (tertiary/aromatic N) is 1. The summed E-state index contributed by atoms with van der Waals surface area (Å²) in [7, 11) is 0. The Morgan fingerprint density at radius 2 is 2.15 bits per heavy atom. The standard InChI is InChI=1S/C7H3ClINO3/c8-7(11)4-2-1-3-5(9)6(4)10(12)13/h1-3H. The molecule has 0 aliphatic rings. The Kier molecular flexibility index (Phi) is 3.21. The van der Waals surface area contributed by atoms with E-state index in [1.807, 2.05) is 0 Å². The number of hydrogen-bond donors (Lipinski definition) is 0. The lowest BCUT2D eigenvalue weighted by Crippen LogP contribution is -2.00. The van der Waals surface area contributed by atoms with Gasteiger partial charge in [-0.1, -0.05) is 6.07 Å². The first kappa shape index (κ1) is 10.4. The van der Waals surface area contributed by atoms with Crippen molar-refractivity contribution < 1.29 is 9.72 Å². The summed E-state index contributed by atoms with van der Waals surface area (Å²) in [6, 6.07) is 4.42. The molecule has 0 radical (unpaired) electrons. The largest absolute Gasteiger partial charge is 0.294 e. The molecule has 13 heavy (non-hydrogen) atoms. The first-order valence-electron chi connectivity index (χ1n) is 3.16. The monoisotopic (exact) mass is 311 g/mol. The summed E-state index contributed by atoms with van der Waals surface area (Å²) in [5.74, 6) is 0. The lowest BCUT2D eigenvalue weighted by molar-refractivity contribution is -0.386. The van der Waals surface area contributed by atoms with E-state index in [2.05, 4.69) is 0 Å². The fourth-order valence-corrected chi connectivity index (χ4v) is 1.71. The van der Waals surface area contributed by atoms with E-state index in [-0.39, 0.29) is 11.3 Å². The van der Waals surface area contributed by atoms with E-state index in [4.69, 9.17) is 11.6 Å². The van der Waals surface area contributed by atoms with Gasteiger partial charge in [0.2, 0.25) is 0 Å². The quantitative estimate of drug-likeness (QED) is 0.365. The van der Waals surface area contributed by atoms with Crippen LogP contribution in [0.3, 0.4) is 0 Å². The first-order valence-corrected chi connectivity index (χ1v) is 4.62. The van der Waals surface area contributed by atoms with Crippen LogP contribution in [0.2, 0.25) is 0 Å². The zero-order valence-corrected chi connectivity index (χ0v) is 9.07. The Hall–Kier alpha value is -0.690. The first-order chi connectivity index (χ1) is 6.04. The summed E-state index contributed by atoms with van der Waals surface area (Å²) in [4.78, 5) is 20.7. The number of halogens is 2. The molecule has 0 saturated heterocycles. The molecule has 0 saturated carbocycles. The third-order valence-corrected chi connectivity index (χ3v) is 2.46. The molecule has 0 aromatic heterocycles. The maximum atomic E-state index is 10.8.